The van der Waals surface area contributed by atoms with Crippen LogP contribution in [0.3, 0.4) is 0 Å². The van der Waals surface area contributed by atoms with E-state index in [0.717, 1.165) is 0 Å². The molecule has 0 aromatic carbocycles. The predicted octanol–water partition coefficient (Wildman–Crippen LogP) is 2.59. The Kier molecular flexibility index (Phi) is 3.83. The molecule has 0 saturated carbocycles. The molecule has 2 atom stereocenters. The zero-order chi connectivity index (χ0) is 11.8. The van der Waals surface area contributed by atoms with Crippen LogP contribution in [-0.4, -0.2) is 46.6 Å². The summed E-state index contributed by atoms with van der Waals surface area (Å²) in [6.45, 7) is 18.7. The summed E-state index contributed by atoms with van der Waals surface area (Å²) in [5.74, 6) is 0. The first-order chi connectivity index (χ1) is 6.73. The van der Waals surface area contributed by atoms with Crippen molar-refractivity contribution in [3.8, 4) is 0 Å². The van der Waals surface area contributed by atoms with Crippen molar-refractivity contribution in [2.45, 2.75) is 72.1 Å². The highest BCUT2D eigenvalue weighted by Crippen LogP contribution is 2.26. The summed E-state index contributed by atoms with van der Waals surface area (Å²) >= 11 is 0. The third kappa shape index (κ3) is 2.94. The van der Waals surface area contributed by atoms with Crippen molar-refractivity contribution in [3.63, 3.8) is 0 Å². The van der Waals surface area contributed by atoms with Gasteiger partial charge in [-0.05, 0) is 48.5 Å². The molecule has 1 rings (SSSR count). The van der Waals surface area contributed by atoms with Gasteiger partial charge in [0.05, 0.1) is 0 Å². The van der Waals surface area contributed by atoms with Crippen LogP contribution in [0.25, 0.3) is 0 Å². The van der Waals surface area contributed by atoms with Crippen LogP contribution in [0, 0.1) is 0 Å². The minimum Gasteiger partial charge on any atom is -0.298 e. The van der Waals surface area contributed by atoms with E-state index >= 15 is 0 Å². The van der Waals surface area contributed by atoms with Gasteiger partial charge in [0, 0.05) is 36.8 Å². The van der Waals surface area contributed by atoms with Crippen molar-refractivity contribution in [1.82, 2.24) is 9.80 Å². The van der Waals surface area contributed by atoms with Crippen molar-refractivity contribution in [2.75, 3.05) is 13.1 Å². The van der Waals surface area contributed by atoms with Crippen molar-refractivity contribution in [2.24, 2.45) is 0 Å². The van der Waals surface area contributed by atoms with Gasteiger partial charge in [0.1, 0.15) is 0 Å². The molecule has 0 bridgehead atoms. The lowest BCUT2D eigenvalue weighted by molar-refractivity contribution is -0.0316. The van der Waals surface area contributed by atoms with E-state index < -0.39 is 0 Å². The van der Waals surface area contributed by atoms with Crippen LogP contribution >= 0.6 is 0 Å². The summed E-state index contributed by atoms with van der Waals surface area (Å²) in [4.78, 5) is 5.25. The van der Waals surface area contributed by atoms with Crippen molar-refractivity contribution in [3.05, 3.63) is 0 Å². The molecule has 0 amide bonds. The Bertz CT molecular complexity index is 193. The first-order valence-corrected chi connectivity index (χ1v) is 6.26. The highest BCUT2D eigenvalue weighted by molar-refractivity contribution is 4.92. The number of rotatable bonds is 1. The molecule has 0 aromatic rings. The second-order valence-electron chi connectivity index (χ2n) is 6.32. The third-order valence-electron chi connectivity index (χ3n) is 3.45. The first-order valence-electron chi connectivity index (χ1n) is 6.26. The predicted molar refractivity (Wildman–Crippen MR) is 67.2 cm³/mol. The van der Waals surface area contributed by atoms with Crippen LogP contribution in [0.2, 0.25) is 0 Å². The fourth-order valence-corrected chi connectivity index (χ4v) is 3.11. The molecule has 1 fully saturated rings. The maximum Gasteiger partial charge on any atom is 0.0203 e. The molecule has 1 saturated heterocycles. The van der Waals surface area contributed by atoms with Gasteiger partial charge in [0.15, 0.2) is 0 Å². The minimum absolute atomic E-state index is 0.294. The average Bonchev–Trinajstić information content (AvgIpc) is 1.99. The molecule has 0 aliphatic carbocycles. The van der Waals surface area contributed by atoms with Gasteiger partial charge in [0.25, 0.3) is 0 Å². The fourth-order valence-electron chi connectivity index (χ4n) is 3.11. The molecule has 15 heavy (non-hydrogen) atoms. The second kappa shape index (κ2) is 4.42. The van der Waals surface area contributed by atoms with Crippen molar-refractivity contribution in [1.29, 1.82) is 0 Å². The highest BCUT2D eigenvalue weighted by Gasteiger charge is 2.36. The molecule has 0 spiro atoms. The van der Waals surface area contributed by atoms with Crippen LogP contribution in [0.1, 0.15) is 48.5 Å². The van der Waals surface area contributed by atoms with Crippen LogP contribution in [0.15, 0.2) is 0 Å². The molecule has 0 aromatic heterocycles. The monoisotopic (exact) mass is 212 g/mol. The number of hydrogen-bond donors (Lipinski definition) is 0. The lowest BCUT2D eigenvalue weighted by atomic mass is 9.96. The van der Waals surface area contributed by atoms with Crippen LogP contribution < -0.4 is 0 Å². The van der Waals surface area contributed by atoms with E-state index in [1.807, 2.05) is 0 Å². The normalized spacial score (nSPS) is 31.2. The highest BCUT2D eigenvalue weighted by atomic mass is 15.3. The summed E-state index contributed by atoms with van der Waals surface area (Å²) in [6.07, 6.45) is 0. The molecule has 1 heterocycles. The summed E-state index contributed by atoms with van der Waals surface area (Å²) in [5.41, 5.74) is 0.294. The van der Waals surface area contributed by atoms with Gasteiger partial charge < -0.3 is 0 Å². The van der Waals surface area contributed by atoms with E-state index in [-0.39, 0.29) is 0 Å². The molecule has 0 unspecified atom stereocenters. The van der Waals surface area contributed by atoms with E-state index in [4.69, 9.17) is 0 Å². The molecule has 1 aliphatic rings. The first kappa shape index (κ1) is 13.0. The number of nitrogens with zero attached hydrogens (tertiary/aromatic N) is 2. The Labute approximate surface area is 95.6 Å². The molecule has 1 aliphatic heterocycles. The standard InChI is InChI=1S/C13H28N2/c1-10(2)14-8-11(3)15(12(4)9-14)13(5,6)7/h10-12H,8-9H2,1-7H3/t11-,12-/m1/s1. The molecule has 90 valence electrons. The largest absolute Gasteiger partial charge is 0.298 e. The minimum atomic E-state index is 0.294. The SMILES string of the molecule is CC(C)N1C[C@@H](C)N(C(C)(C)C)[C@H](C)C1. The number of hydrogen-bond acceptors (Lipinski definition) is 2. The maximum absolute atomic E-state index is 2.66. The van der Waals surface area contributed by atoms with Crippen LogP contribution in [-0.2, 0) is 0 Å². The van der Waals surface area contributed by atoms with Gasteiger partial charge in [-0.15, -0.1) is 0 Å². The van der Waals surface area contributed by atoms with E-state index in [2.05, 4.69) is 58.3 Å². The lowest BCUT2D eigenvalue weighted by Crippen LogP contribution is -2.63. The van der Waals surface area contributed by atoms with Gasteiger partial charge in [-0.1, -0.05) is 0 Å². The Hall–Kier alpha value is -0.0800. The summed E-state index contributed by atoms with van der Waals surface area (Å²) in [6, 6.07) is 2.00. The van der Waals surface area contributed by atoms with Gasteiger partial charge in [-0.3, -0.25) is 9.80 Å². The van der Waals surface area contributed by atoms with Gasteiger partial charge in [0.2, 0.25) is 0 Å². The summed E-state index contributed by atoms with van der Waals surface area (Å²) < 4.78 is 0. The molecule has 0 N–H and O–H groups in total. The second-order valence-corrected chi connectivity index (χ2v) is 6.32. The Balaban J connectivity index is 2.73. The van der Waals surface area contributed by atoms with E-state index in [9.17, 15) is 0 Å². The topological polar surface area (TPSA) is 6.48 Å². The summed E-state index contributed by atoms with van der Waals surface area (Å²) in [7, 11) is 0. The molecular formula is C13H28N2. The fraction of sp³-hybridized carbons (Fsp3) is 1.00. The number of piperazine rings is 1. The molecule has 2 nitrogen and oxygen atoms in total. The average molecular weight is 212 g/mol. The van der Waals surface area contributed by atoms with Gasteiger partial charge >= 0.3 is 0 Å². The zero-order valence-electron chi connectivity index (χ0n) is 11.5. The third-order valence-corrected chi connectivity index (χ3v) is 3.45. The zero-order valence-corrected chi connectivity index (χ0v) is 11.5. The lowest BCUT2D eigenvalue weighted by Gasteiger charge is -2.51. The Morgan fingerprint density at radius 2 is 1.40 bits per heavy atom. The Morgan fingerprint density at radius 1 is 1.00 bits per heavy atom. The molecular weight excluding hydrogens is 184 g/mol. The van der Waals surface area contributed by atoms with E-state index in [0.29, 0.717) is 23.7 Å². The van der Waals surface area contributed by atoms with Crippen molar-refractivity contribution < 1.29 is 0 Å². The van der Waals surface area contributed by atoms with E-state index in [1.54, 1.807) is 0 Å². The smallest absolute Gasteiger partial charge is 0.0203 e. The van der Waals surface area contributed by atoms with Gasteiger partial charge in [-0.2, -0.15) is 0 Å². The molecule has 0 radical (unpaired) electrons. The van der Waals surface area contributed by atoms with Crippen LogP contribution in [0.4, 0.5) is 0 Å². The Morgan fingerprint density at radius 3 is 1.67 bits per heavy atom. The van der Waals surface area contributed by atoms with E-state index in [1.165, 1.54) is 13.1 Å². The quantitative estimate of drug-likeness (QED) is 0.659. The van der Waals surface area contributed by atoms with Gasteiger partial charge in [-0.25, -0.2) is 0 Å². The summed E-state index contributed by atoms with van der Waals surface area (Å²) in [5, 5.41) is 0. The van der Waals surface area contributed by atoms with Crippen LogP contribution in [0.5, 0.6) is 0 Å². The molecule has 2 heteroatoms. The maximum atomic E-state index is 2.66. The van der Waals surface area contributed by atoms with Crippen molar-refractivity contribution >= 4 is 0 Å².